The number of likely N-dealkylation sites (N-methyl/N-ethyl adjacent to an activating group) is 1. The van der Waals surface area contributed by atoms with Gasteiger partial charge in [0.25, 0.3) is 9.70 Å². The molecule has 8 nitrogen and oxygen atoms in total. The van der Waals surface area contributed by atoms with Crippen molar-refractivity contribution < 1.29 is 29.6 Å². The maximum Gasteiger partial charge on any atom is 0.272 e. The fraction of sp³-hybridized carbons (Fsp3) is 0.324. The predicted octanol–water partition coefficient (Wildman–Crippen LogP) is 6.99. The Balaban J connectivity index is 1.37. The van der Waals surface area contributed by atoms with Gasteiger partial charge in [0.15, 0.2) is 6.29 Å². The van der Waals surface area contributed by atoms with Crippen LogP contribution >= 0.6 is 34.8 Å². The Morgan fingerprint density at radius 3 is 2.27 bits per heavy atom. The van der Waals surface area contributed by atoms with Crippen LogP contribution in [0.3, 0.4) is 0 Å². The molecule has 48 heavy (non-hydrogen) atoms. The molecule has 0 bridgehead atoms. The number of aliphatic hydroxyl groups excluding tert-OH is 2. The highest BCUT2D eigenvalue weighted by molar-refractivity contribution is 6.76. The Labute approximate surface area is 295 Å². The van der Waals surface area contributed by atoms with E-state index >= 15 is 0 Å². The van der Waals surface area contributed by atoms with Gasteiger partial charge in [-0.05, 0) is 64.7 Å². The van der Waals surface area contributed by atoms with Gasteiger partial charge < -0.3 is 35.0 Å². The van der Waals surface area contributed by atoms with Crippen molar-refractivity contribution in [3.63, 3.8) is 0 Å². The first kappa shape index (κ1) is 36.1. The van der Waals surface area contributed by atoms with Crippen molar-refractivity contribution in [3.8, 4) is 16.9 Å². The van der Waals surface area contributed by atoms with Gasteiger partial charge >= 0.3 is 0 Å². The van der Waals surface area contributed by atoms with Crippen LogP contribution in [0.15, 0.2) is 97.1 Å². The van der Waals surface area contributed by atoms with Crippen molar-refractivity contribution >= 4 is 40.7 Å². The largest absolute Gasteiger partial charge is 0.508 e. The lowest BCUT2D eigenvalue weighted by Crippen LogP contribution is -2.44. The van der Waals surface area contributed by atoms with Gasteiger partial charge in [-0.15, -0.1) is 0 Å². The molecule has 1 aliphatic heterocycles. The zero-order valence-electron chi connectivity index (χ0n) is 26.6. The van der Waals surface area contributed by atoms with Crippen LogP contribution in [0.25, 0.3) is 11.1 Å². The van der Waals surface area contributed by atoms with E-state index in [1.54, 1.807) is 24.3 Å². The number of nitrogens with one attached hydrogen (secondary N) is 1. The van der Waals surface area contributed by atoms with E-state index in [4.69, 9.17) is 44.3 Å². The van der Waals surface area contributed by atoms with E-state index in [1.165, 1.54) is 0 Å². The van der Waals surface area contributed by atoms with Gasteiger partial charge in [-0.3, -0.25) is 4.79 Å². The van der Waals surface area contributed by atoms with E-state index in [0.29, 0.717) is 18.7 Å². The van der Waals surface area contributed by atoms with E-state index in [0.717, 1.165) is 33.4 Å². The summed E-state index contributed by atoms with van der Waals surface area (Å²) in [7, 11) is 1.93. The van der Waals surface area contributed by atoms with Crippen LogP contribution < -0.4 is 5.32 Å². The Morgan fingerprint density at radius 1 is 0.896 bits per heavy atom. The van der Waals surface area contributed by atoms with Crippen molar-refractivity contribution in [2.45, 2.75) is 48.5 Å². The number of halogens is 3. The van der Waals surface area contributed by atoms with Crippen molar-refractivity contribution in [2.24, 2.45) is 5.92 Å². The molecule has 0 aliphatic carbocycles. The van der Waals surface area contributed by atoms with Gasteiger partial charge in [0.05, 0.1) is 24.9 Å². The summed E-state index contributed by atoms with van der Waals surface area (Å²) in [6.45, 7) is 3.10. The van der Waals surface area contributed by atoms with Crippen LogP contribution in [-0.4, -0.2) is 56.2 Å². The van der Waals surface area contributed by atoms with E-state index < -0.39 is 22.1 Å². The molecule has 1 aliphatic rings. The molecular weight excluding hydrogens is 675 g/mol. The van der Waals surface area contributed by atoms with Gasteiger partial charge in [0, 0.05) is 31.1 Å². The summed E-state index contributed by atoms with van der Waals surface area (Å²) in [6.07, 6.45) is -2.05. The molecule has 1 saturated heterocycles. The fourth-order valence-electron chi connectivity index (χ4n) is 5.85. The number of carbonyl (C=O) groups is 1. The third-order valence-corrected chi connectivity index (χ3v) is 9.00. The van der Waals surface area contributed by atoms with Crippen LogP contribution in [0, 0.1) is 5.92 Å². The lowest BCUT2D eigenvalue weighted by molar-refractivity contribution is -0.276. The number of hydrogen-bond acceptors (Lipinski definition) is 7. The molecule has 1 fully saturated rings. The third kappa shape index (κ3) is 9.28. The monoisotopic (exact) mass is 712 g/mol. The minimum Gasteiger partial charge on any atom is -0.508 e. The summed E-state index contributed by atoms with van der Waals surface area (Å²) < 4.78 is 11.3. The first-order chi connectivity index (χ1) is 22.9. The van der Waals surface area contributed by atoms with E-state index in [9.17, 15) is 20.1 Å². The number of hydrogen-bond donors (Lipinski definition) is 4. The molecule has 5 rings (SSSR count). The molecule has 254 valence electrons. The molecule has 4 aromatic carbocycles. The lowest BCUT2D eigenvalue weighted by Gasteiger charge is -2.42. The molecule has 4 aromatic rings. The molecular formula is C37H39Cl3N2O6. The van der Waals surface area contributed by atoms with Crippen molar-refractivity contribution in [1.29, 1.82) is 0 Å². The van der Waals surface area contributed by atoms with Crippen LogP contribution in [0.2, 0.25) is 0 Å². The van der Waals surface area contributed by atoms with E-state index in [1.807, 2.05) is 84.7 Å². The van der Waals surface area contributed by atoms with Crippen molar-refractivity contribution in [2.75, 3.05) is 20.1 Å². The van der Waals surface area contributed by atoms with Crippen LogP contribution in [0.1, 0.15) is 53.2 Å². The minimum atomic E-state index is -2.04. The molecule has 0 unspecified atom stereocenters. The zero-order chi connectivity index (χ0) is 34.4. The zero-order valence-corrected chi connectivity index (χ0v) is 28.9. The molecule has 0 spiro atoms. The Kier molecular flexibility index (Phi) is 12.1. The summed E-state index contributed by atoms with van der Waals surface area (Å²) >= 11 is 17.1. The number of amides is 1. The molecule has 5 atom stereocenters. The molecule has 1 amide bonds. The second kappa shape index (κ2) is 16.0. The molecule has 1 heterocycles. The number of alkyl halides is 3. The fourth-order valence-corrected chi connectivity index (χ4v) is 6.05. The van der Waals surface area contributed by atoms with Gasteiger partial charge in [-0.25, -0.2) is 0 Å². The lowest BCUT2D eigenvalue weighted by atomic mass is 9.89. The first-order valence-corrected chi connectivity index (χ1v) is 16.7. The second-order valence-electron chi connectivity index (χ2n) is 12.2. The molecule has 4 N–H and O–H groups in total. The SMILES string of the molecule is C[C@@H]1[C@H](CN(C)C[C@@H](O)c2cccc(O)c2)O[C@H](c2cccc(-c3cccc(CNC(=O)C(Cl)(Cl)Cl)c3)c2)O[C@@H]1c1ccc(CO)cc1. The summed E-state index contributed by atoms with van der Waals surface area (Å²) in [5.74, 6) is -0.644. The molecule has 11 heteroatoms. The number of aromatic hydroxyl groups is 1. The van der Waals surface area contributed by atoms with Gasteiger partial charge in [-0.1, -0.05) is 115 Å². The summed E-state index contributed by atoms with van der Waals surface area (Å²) in [6, 6.07) is 30.0. The summed E-state index contributed by atoms with van der Waals surface area (Å²) in [5.41, 5.74) is 5.95. The number of phenolic OH excluding ortho intramolecular Hbond substituents is 1. The minimum absolute atomic E-state index is 0.0463. The normalized spacial score (nSPS) is 20.4. The highest BCUT2D eigenvalue weighted by Crippen LogP contribution is 2.42. The van der Waals surface area contributed by atoms with Crippen LogP contribution in [-0.2, 0) is 27.4 Å². The van der Waals surface area contributed by atoms with Crippen LogP contribution in [0.4, 0.5) is 0 Å². The number of aliphatic hydroxyl groups is 2. The molecule has 0 saturated carbocycles. The number of nitrogens with zero attached hydrogens (tertiary/aromatic N) is 1. The Hall–Kier alpha value is -3.18. The topological polar surface area (TPSA) is 111 Å². The van der Waals surface area contributed by atoms with Gasteiger partial charge in [-0.2, -0.15) is 0 Å². The number of phenols is 1. The van der Waals surface area contributed by atoms with Gasteiger partial charge in [0.2, 0.25) is 0 Å². The Morgan fingerprint density at radius 2 is 1.58 bits per heavy atom. The van der Waals surface area contributed by atoms with Crippen LogP contribution in [0.5, 0.6) is 5.75 Å². The average molecular weight is 714 g/mol. The Bertz CT molecular complexity index is 1680. The smallest absolute Gasteiger partial charge is 0.272 e. The molecule has 0 radical (unpaired) electrons. The van der Waals surface area contributed by atoms with E-state index in [-0.39, 0.29) is 37.0 Å². The number of rotatable bonds is 11. The quantitative estimate of drug-likeness (QED) is 0.124. The number of benzene rings is 4. The summed E-state index contributed by atoms with van der Waals surface area (Å²) in [5, 5.41) is 33.0. The average Bonchev–Trinajstić information content (AvgIpc) is 3.08. The predicted molar refractivity (Wildman–Crippen MR) is 188 cm³/mol. The molecule has 0 aromatic heterocycles. The second-order valence-corrected chi connectivity index (χ2v) is 14.4. The highest BCUT2D eigenvalue weighted by atomic mass is 35.6. The third-order valence-electron chi connectivity index (χ3n) is 8.48. The summed E-state index contributed by atoms with van der Waals surface area (Å²) in [4.78, 5) is 14.1. The standard InChI is InChI=1S/C37H39Cl3N2O6/c1-23-33(21-42(2)20-32(45)29-9-5-11-31(44)18-29)47-35(48-34(23)26-14-12-24(22-43)13-15-26)30-10-4-8-28(17-30)27-7-3-6-25(16-27)19-41-36(46)37(38,39)40/h3-18,23,32-35,43-45H,19-22H2,1-2H3,(H,41,46)/t23-,32-,33+,34+,35+/m1/s1. The van der Waals surface area contributed by atoms with Crippen molar-refractivity contribution in [3.05, 3.63) is 125 Å². The first-order valence-electron chi connectivity index (χ1n) is 15.6. The van der Waals surface area contributed by atoms with Gasteiger partial charge in [0.1, 0.15) is 5.75 Å². The highest BCUT2D eigenvalue weighted by Gasteiger charge is 2.39. The number of ether oxygens (including phenoxy) is 2. The maximum absolute atomic E-state index is 12.0. The van der Waals surface area contributed by atoms with Crippen molar-refractivity contribution in [1.82, 2.24) is 10.2 Å². The number of carbonyl (C=O) groups excluding carboxylic acids is 1. The maximum atomic E-state index is 12.0. The van der Waals surface area contributed by atoms with E-state index in [2.05, 4.69) is 12.2 Å².